The monoisotopic (exact) mass is 315 g/mol. The first-order valence-corrected chi connectivity index (χ1v) is 8.08. The summed E-state index contributed by atoms with van der Waals surface area (Å²) < 4.78 is 29.6. The summed E-state index contributed by atoms with van der Waals surface area (Å²) in [6.07, 6.45) is -0.718. The highest BCUT2D eigenvalue weighted by molar-refractivity contribution is 7.92. The third kappa shape index (κ3) is 5.35. The number of hydrogen-bond donors (Lipinski definition) is 2. The van der Waals surface area contributed by atoms with Gasteiger partial charge >= 0.3 is 6.09 Å². The molecule has 2 N–H and O–H groups in total. The molecule has 1 atom stereocenters. The van der Waals surface area contributed by atoms with Crippen LogP contribution in [-0.4, -0.2) is 43.6 Å². The molecule has 1 rings (SSSR count). The van der Waals surface area contributed by atoms with Gasteiger partial charge in [-0.05, 0) is 32.9 Å². The fourth-order valence-corrected chi connectivity index (χ4v) is 3.01. The fraction of sp³-hybridized carbons (Fsp3) is 0.500. The van der Waals surface area contributed by atoms with Crippen LogP contribution < -0.4 is 5.32 Å². The van der Waals surface area contributed by atoms with Crippen LogP contribution in [0.5, 0.6) is 0 Å². The molecule has 0 heterocycles. The molecule has 1 amide bonds. The van der Waals surface area contributed by atoms with Gasteiger partial charge in [0, 0.05) is 6.54 Å². The first-order chi connectivity index (χ1) is 9.66. The summed E-state index contributed by atoms with van der Waals surface area (Å²) in [5, 5.41) is 10.5. The molecule has 0 fully saturated rings. The highest BCUT2D eigenvalue weighted by atomic mass is 32.2. The lowest BCUT2D eigenvalue weighted by Crippen LogP contribution is -2.41. The van der Waals surface area contributed by atoms with E-state index in [4.69, 9.17) is 4.74 Å². The molecular formula is C14H21NO5S. The third-order valence-electron chi connectivity index (χ3n) is 2.59. The summed E-state index contributed by atoms with van der Waals surface area (Å²) >= 11 is 0. The van der Waals surface area contributed by atoms with Crippen molar-refractivity contribution < 1.29 is 23.1 Å². The number of nitrogens with one attached hydrogen (secondary N) is 1. The number of rotatable bonds is 5. The number of ether oxygens (including phenoxy) is 1. The Bertz CT molecular complexity index is 563. The molecule has 0 aliphatic carbocycles. The minimum atomic E-state index is -3.71. The number of sulfone groups is 1. The predicted octanol–water partition coefficient (Wildman–Crippen LogP) is 1.35. The van der Waals surface area contributed by atoms with Gasteiger partial charge in [-0.25, -0.2) is 13.2 Å². The van der Waals surface area contributed by atoms with Crippen LogP contribution in [0, 0.1) is 0 Å². The lowest BCUT2D eigenvalue weighted by atomic mass is 10.2. The van der Waals surface area contributed by atoms with Gasteiger partial charge in [-0.3, -0.25) is 0 Å². The number of amides is 1. The van der Waals surface area contributed by atoms with Crippen molar-refractivity contribution >= 4 is 15.9 Å². The maximum absolute atomic E-state index is 12.3. The topological polar surface area (TPSA) is 92.7 Å². The largest absolute Gasteiger partial charge is 0.444 e. The van der Waals surface area contributed by atoms with Gasteiger partial charge in [0.25, 0.3) is 0 Å². The van der Waals surface area contributed by atoms with Gasteiger partial charge in [-0.15, -0.1) is 0 Å². The normalized spacial score (nSPS) is 13.5. The molecule has 0 saturated heterocycles. The molecular weight excluding hydrogens is 294 g/mol. The van der Waals surface area contributed by atoms with Crippen LogP contribution in [0.1, 0.15) is 20.8 Å². The molecule has 0 spiro atoms. The number of alkyl carbamates (subject to hydrolysis) is 1. The Morgan fingerprint density at radius 2 is 1.86 bits per heavy atom. The van der Waals surface area contributed by atoms with Crippen LogP contribution in [0.25, 0.3) is 0 Å². The summed E-state index contributed by atoms with van der Waals surface area (Å²) in [6, 6.07) is 7.80. The second-order valence-corrected chi connectivity index (χ2v) is 7.77. The van der Waals surface area contributed by atoms with Crippen molar-refractivity contribution in [2.45, 2.75) is 36.5 Å². The minimum Gasteiger partial charge on any atom is -0.444 e. The van der Waals surface area contributed by atoms with Crippen LogP contribution in [0.15, 0.2) is 35.2 Å². The van der Waals surface area contributed by atoms with Crippen molar-refractivity contribution in [1.29, 1.82) is 0 Å². The number of hydrogen-bond acceptors (Lipinski definition) is 5. The van der Waals surface area contributed by atoms with Crippen molar-refractivity contribution in [2.75, 3.05) is 13.2 Å². The van der Waals surface area contributed by atoms with E-state index in [-0.39, 0.29) is 11.4 Å². The molecule has 0 aliphatic heterocycles. The van der Waals surface area contributed by atoms with E-state index in [2.05, 4.69) is 5.32 Å². The van der Waals surface area contributed by atoms with Gasteiger partial charge in [0.1, 0.15) is 10.9 Å². The molecule has 118 valence electrons. The molecule has 0 unspecified atom stereocenters. The molecule has 1 aromatic carbocycles. The van der Waals surface area contributed by atoms with E-state index in [0.29, 0.717) is 0 Å². The van der Waals surface area contributed by atoms with E-state index in [1.807, 2.05) is 0 Å². The Labute approximate surface area is 125 Å². The minimum absolute atomic E-state index is 0.107. The number of carbonyl (C=O) groups excluding carboxylic acids is 1. The number of benzene rings is 1. The molecule has 0 saturated carbocycles. The summed E-state index contributed by atoms with van der Waals surface area (Å²) in [4.78, 5) is 11.6. The molecule has 0 aromatic heterocycles. The zero-order valence-electron chi connectivity index (χ0n) is 12.4. The van der Waals surface area contributed by atoms with Gasteiger partial charge in [0.2, 0.25) is 0 Å². The SMILES string of the molecule is CC(C)(C)OC(=O)NC[C@H](CO)S(=O)(=O)c1ccccc1. The maximum Gasteiger partial charge on any atom is 0.407 e. The van der Waals surface area contributed by atoms with Gasteiger partial charge in [0.05, 0.1) is 11.5 Å². The summed E-state index contributed by atoms with van der Waals surface area (Å²) in [7, 11) is -3.71. The van der Waals surface area contributed by atoms with Crippen LogP contribution >= 0.6 is 0 Å². The van der Waals surface area contributed by atoms with E-state index >= 15 is 0 Å². The lowest BCUT2D eigenvalue weighted by molar-refractivity contribution is 0.0526. The summed E-state index contributed by atoms with van der Waals surface area (Å²) in [5.74, 6) is 0. The Kier molecular flexibility index (Phi) is 5.74. The van der Waals surface area contributed by atoms with E-state index < -0.39 is 33.4 Å². The van der Waals surface area contributed by atoms with Crippen molar-refractivity contribution in [3.05, 3.63) is 30.3 Å². The standard InChI is InChI=1S/C14H21NO5S/c1-14(2,3)20-13(17)15-9-12(10-16)21(18,19)11-7-5-4-6-8-11/h4-8,12,16H,9-10H2,1-3H3,(H,15,17)/t12-/m1/s1. The second-order valence-electron chi connectivity index (χ2n) is 5.55. The Balaban J connectivity index is 2.74. The Hall–Kier alpha value is -1.60. The summed E-state index contributed by atoms with van der Waals surface area (Å²) in [6.45, 7) is 4.31. The molecule has 0 radical (unpaired) electrons. The van der Waals surface area contributed by atoms with Gasteiger partial charge in [-0.1, -0.05) is 18.2 Å². The van der Waals surface area contributed by atoms with E-state index in [1.165, 1.54) is 12.1 Å². The van der Waals surface area contributed by atoms with E-state index in [1.54, 1.807) is 39.0 Å². The quantitative estimate of drug-likeness (QED) is 0.855. The highest BCUT2D eigenvalue weighted by Gasteiger charge is 2.28. The third-order valence-corrected chi connectivity index (χ3v) is 4.71. The second kappa shape index (κ2) is 6.91. The van der Waals surface area contributed by atoms with Crippen LogP contribution in [0.3, 0.4) is 0 Å². The Morgan fingerprint density at radius 1 is 1.29 bits per heavy atom. The van der Waals surface area contributed by atoms with E-state index in [0.717, 1.165) is 0 Å². The molecule has 1 aromatic rings. The lowest BCUT2D eigenvalue weighted by Gasteiger charge is -2.21. The highest BCUT2D eigenvalue weighted by Crippen LogP contribution is 2.15. The van der Waals surface area contributed by atoms with Gasteiger partial charge in [-0.2, -0.15) is 0 Å². The van der Waals surface area contributed by atoms with Gasteiger partial charge < -0.3 is 15.2 Å². The van der Waals surface area contributed by atoms with E-state index in [9.17, 15) is 18.3 Å². The zero-order chi connectivity index (χ0) is 16.1. The number of carbonyl (C=O) groups is 1. The van der Waals surface area contributed by atoms with Crippen LogP contribution in [0.4, 0.5) is 4.79 Å². The first-order valence-electron chi connectivity index (χ1n) is 6.53. The smallest absolute Gasteiger partial charge is 0.407 e. The number of aliphatic hydroxyl groups is 1. The first kappa shape index (κ1) is 17.5. The van der Waals surface area contributed by atoms with Gasteiger partial charge in [0.15, 0.2) is 9.84 Å². The summed E-state index contributed by atoms with van der Waals surface area (Å²) in [5.41, 5.74) is -0.670. The average Bonchev–Trinajstić information content (AvgIpc) is 2.38. The Morgan fingerprint density at radius 3 is 2.33 bits per heavy atom. The molecule has 0 aliphatic rings. The fourth-order valence-electron chi connectivity index (χ4n) is 1.59. The molecule has 7 heteroatoms. The predicted molar refractivity (Wildman–Crippen MR) is 78.7 cm³/mol. The van der Waals surface area contributed by atoms with Crippen molar-refractivity contribution in [3.8, 4) is 0 Å². The van der Waals surface area contributed by atoms with Crippen molar-refractivity contribution in [3.63, 3.8) is 0 Å². The molecule has 0 bridgehead atoms. The molecule has 21 heavy (non-hydrogen) atoms. The zero-order valence-corrected chi connectivity index (χ0v) is 13.2. The van der Waals surface area contributed by atoms with Crippen LogP contribution in [0.2, 0.25) is 0 Å². The van der Waals surface area contributed by atoms with Crippen LogP contribution in [-0.2, 0) is 14.6 Å². The number of aliphatic hydroxyl groups excluding tert-OH is 1. The molecule has 6 nitrogen and oxygen atoms in total. The maximum atomic E-state index is 12.3. The van der Waals surface area contributed by atoms with Crippen molar-refractivity contribution in [2.24, 2.45) is 0 Å². The average molecular weight is 315 g/mol. The van der Waals surface area contributed by atoms with Crippen molar-refractivity contribution in [1.82, 2.24) is 5.32 Å².